The first kappa shape index (κ1) is 15.6. The molecular formula is C19H22N3O. The highest BCUT2D eigenvalue weighted by Gasteiger charge is 2.33. The molecule has 23 heavy (non-hydrogen) atoms. The van der Waals surface area contributed by atoms with E-state index in [0.29, 0.717) is 6.54 Å². The number of piperazine rings is 1. The molecule has 4 nitrogen and oxygen atoms in total. The highest BCUT2D eigenvalue weighted by atomic mass is 16.2. The maximum atomic E-state index is 11.8. The number of nitrogens with zero attached hydrogens (tertiary/aromatic N) is 1. The van der Waals surface area contributed by atoms with E-state index in [4.69, 9.17) is 5.73 Å². The Hall–Kier alpha value is -2.33. The maximum absolute atomic E-state index is 11.8. The molecule has 2 atom stereocenters. The van der Waals surface area contributed by atoms with Gasteiger partial charge in [0.1, 0.15) is 0 Å². The van der Waals surface area contributed by atoms with Crippen LogP contribution in [0, 0.1) is 0 Å². The predicted molar refractivity (Wildman–Crippen MR) is 91.2 cm³/mol. The van der Waals surface area contributed by atoms with Gasteiger partial charge in [0.25, 0.3) is 0 Å². The lowest BCUT2D eigenvalue weighted by Crippen LogP contribution is -2.56. The van der Waals surface area contributed by atoms with Gasteiger partial charge >= 0.3 is 6.03 Å². The second kappa shape index (κ2) is 7.29. The lowest BCUT2D eigenvalue weighted by Gasteiger charge is -2.40. The van der Waals surface area contributed by atoms with Crippen LogP contribution in [0.2, 0.25) is 0 Å². The van der Waals surface area contributed by atoms with Gasteiger partial charge < -0.3 is 10.2 Å². The predicted octanol–water partition coefficient (Wildman–Crippen LogP) is 2.69. The van der Waals surface area contributed by atoms with Gasteiger partial charge in [0.15, 0.2) is 0 Å². The summed E-state index contributed by atoms with van der Waals surface area (Å²) in [5.41, 5.74) is 10.1. The Kier molecular flexibility index (Phi) is 4.93. The van der Waals surface area contributed by atoms with Crippen molar-refractivity contribution in [1.82, 2.24) is 16.0 Å². The first-order chi connectivity index (χ1) is 11.3. The molecule has 1 aliphatic heterocycles. The summed E-state index contributed by atoms with van der Waals surface area (Å²) in [5, 5.41) is 3.38. The molecule has 0 aromatic heterocycles. The SMILES string of the molecule is [NH]C(=O)N1CCNCC1C(Cc1ccccc1)c1ccccc1. The van der Waals surface area contributed by atoms with Crippen LogP contribution in [0.4, 0.5) is 4.79 Å². The summed E-state index contributed by atoms with van der Waals surface area (Å²) >= 11 is 0. The molecule has 1 aliphatic rings. The molecule has 2 unspecified atom stereocenters. The van der Waals surface area contributed by atoms with Crippen molar-refractivity contribution in [2.75, 3.05) is 19.6 Å². The van der Waals surface area contributed by atoms with Crippen LogP contribution in [-0.4, -0.2) is 36.6 Å². The minimum absolute atomic E-state index is 0.0105. The number of carbonyl (C=O) groups excluding carboxylic acids is 1. The Balaban J connectivity index is 1.92. The van der Waals surface area contributed by atoms with Gasteiger partial charge in [-0.25, -0.2) is 10.5 Å². The largest absolute Gasteiger partial charge is 0.336 e. The summed E-state index contributed by atoms with van der Waals surface area (Å²) in [4.78, 5) is 13.5. The first-order valence-corrected chi connectivity index (χ1v) is 8.07. The number of urea groups is 1. The number of hydrogen-bond acceptors (Lipinski definition) is 2. The van der Waals surface area contributed by atoms with Crippen molar-refractivity contribution in [3.8, 4) is 0 Å². The van der Waals surface area contributed by atoms with Crippen LogP contribution < -0.4 is 11.1 Å². The molecule has 119 valence electrons. The lowest BCUT2D eigenvalue weighted by atomic mass is 9.84. The van der Waals surface area contributed by atoms with E-state index in [1.54, 1.807) is 4.90 Å². The molecule has 1 fully saturated rings. The summed E-state index contributed by atoms with van der Waals surface area (Å²) in [5.74, 6) is 0.181. The van der Waals surface area contributed by atoms with E-state index in [2.05, 4.69) is 29.6 Å². The van der Waals surface area contributed by atoms with Gasteiger partial charge in [-0.2, -0.15) is 0 Å². The molecule has 1 saturated heterocycles. The van der Waals surface area contributed by atoms with Crippen LogP contribution in [0.5, 0.6) is 0 Å². The second-order valence-electron chi connectivity index (χ2n) is 5.98. The van der Waals surface area contributed by atoms with E-state index in [-0.39, 0.29) is 12.0 Å². The van der Waals surface area contributed by atoms with E-state index in [0.717, 1.165) is 19.5 Å². The zero-order valence-electron chi connectivity index (χ0n) is 13.1. The molecule has 0 aliphatic carbocycles. The molecule has 0 bridgehead atoms. The zero-order chi connectivity index (χ0) is 16.1. The normalized spacial score (nSPS) is 19.3. The third-order valence-corrected chi connectivity index (χ3v) is 4.53. The Morgan fingerprint density at radius 2 is 1.78 bits per heavy atom. The average Bonchev–Trinajstić information content (AvgIpc) is 2.61. The van der Waals surface area contributed by atoms with Gasteiger partial charge in [-0.05, 0) is 17.5 Å². The van der Waals surface area contributed by atoms with Crippen LogP contribution in [0.15, 0.2) is 60.7 Å². The Bertz CT molecular complexity index is 630. The van der Waals surface area contributed by atoms with Crippen molar-refractivity contribution in [1.29, 1.82) is 0 Å². The number of nitrogens with one attached hydrogen (secondary N) is 2. The van der Waals surface area contributed by atoms with Gasteiger partial charge in [-0.3, -0.25) is 0 Å². The second-order valence-corrected chi connectivity index (χ2v) is 5.98. The molecule has 2 aromatic rings. The van der Waals surface area contributed by atoms with Crippen molar-refractivity contribution in [2.45, 2.75) is 18.4 Å². The van der Waals surface area contributed by atoms with Gasteiger partial charge in [0, 0.05) is 25.6 Å². The van der Waals surface area contributed by atoms with Crippen molar-refractivity contribution in [2.24, 2.45) is 0 Å². The van der Waals surface area contributed by atoms with Crippen LogP contribution in [0.3, 0.4) is 0 Å². The van der Waals surface area contributed by atoms with Crippen molar-refractivity contribution < 1.29 is 4.79 Å². The third kappa shape index (κ3) is 3.71. The molecule has 2 amide bonds. The van der Waals surface area contributed by atoms with E-state index in [1.807, 2.05) is 36.4 Å². The van der Waals surface area contributed by atoms with Crippen LogP contribution in [-0.2, 0) is 6.42 Å². The molecule has 2 aromatic carbocycles. The first-order valence-electron chi connectivity index (χ1n) is 8.07. The van der Waals surface area contributed by atoms with E-state index < -0.39 is 6.03 Å². The quantitative estimate of drug-likeness (QED) is 0.944. The molecule has 2 N–H and O–H groups in total. The van der Waals surface area contributed by atoms with E-state index in [1.165, 1.54) is 11.1 Å². The van der Waals surface area contributed by atoms with Crippen LogP contribution in [0.25, 0.3) is 0 Å². The number of rotatable bonds is 4. The van der Waals surface area contributed by atoms with Crippen molar-refractivity contribution in [3.63, 3.8) is 0 Å². The maximum Gasteiger partial charge on any atom is 0.336 e. The lowest BCUT2D eigenvalue weighted by molar-refractivity contribution is 0.151. The molecule has 1 radical (unpaired) electrons. The summed E-state index contributed by atoms with van der Waals surface area (Å²) in [6, 6.07) is 20.1. The monoisotopic (exact) mass is 308 g/mol. The van der Waals surface area contributed by atoms with Crippen LogP contribution >= 0.6 is 0 Å². The van der Waals surface area contributed by atoms with E-state index >= 15 is 0 Å². The standard InChI is InChI=1S/C19H22N3O/c20-19(23)22-12-11-21-14-18(22)17(16-9-5-2-6-10-16)13-15-7-3-1-4-8-15/h1-10,17-18,20-21H,11-14H2. The summed E-state index contributed by atoms with van der Waals surface area (Å²) in [7, 11) is 0. The molecule has 0 spiro atoms. The highest BCUT2D eigenvalue weighted by molar-refractivity contribution is 5.72. The minimum atomic E-state index is -0.578. The summed E-state index contributed by atoms with van der Waals surface area (Å²) < 4.78 is 0. The van der Waals surface area contributed by atoms with Gasteiger partial charge in [-0.1, -0.05) is 60.7 Å². The molecule has 0 saturated carbocycles. The smallest absolute Gasteiger partial charge is 0.317 e. The summed E-state index contributed by atoms with van der Waals surface area (Å²) in [6.45, 7) is 2.09. The number of carbonyl (C=O) groups is 1. The average molecular weight is 308 g/mol. The Morgan fingerprint density at radius 3 is 2.43 bits per heavy atom. The number of benzene rings is 2. The fourth-order valence-corrected chi connectivity index (χ4v) is 3.38. The molecule has 3 rings (SSSR count). The molecule has 4 heteroatoms. The number of amides is 2. The minimum Gasteiger partial charge on any atom is -0.317 e. The van der Waals surface area contributed by atoms with Crippen LogP contribution in [0.1, 0.15) is 17.0 Å². The third-order valence-electron chi connectivity index (χ3n) is 4.53. The Labute approximate surface area is 137 Å². The topological polar surface area (TPSA) is 56.1 Å². The summed E-state index contributed by atoms with van der Waals surface area (Å²) in [6.07, 6.45) is 0.862. The van der Waals surface area contributed by atoms with Gasteiger partial charge in [0.05, 0.1) is 6.04 Å². The molecular weight excluding hydrogens is 286 g/mol. The number of hydrogen-bond donors (Lipinski definition) is 1. The van der Waals surface area contributed by atoms with E-state index in [9.17, 15) is 4.79 Å². The van der Waals surface area contributed by atoms with Crippen molar-refractivity contribution in [3.05, 3.63) is 71.8 Å². The fraction of sp³-hybridized carbons (Fsp3) is 0.316. The Morgan fingerprint density at radius 1 is 1.13 bits per heavy atom. The zero-order valence-corrected chi connectivity index (χ0v) is 13.1. The van der Waals surface area contributed by atoms with Gasteiger partial charge in [-0.15, -0.1) is 0 Å². The van der Waals surface area contributed by atoms with Gasteiger partial charge in [0.2, 0.25) is 0 Å². The fourth-order valence-electron chi connectivity index (χ4n) is 3.38. The van der Waals surface area contributed by atoms with Crippen molar-refractivity contribution >= 4 is 6.03 Å². The highest BCUT2D eigenvalue weighted by Crippen LogP contribution is 2.28. The molecule has 1 heterocycles.